The second kappa shape index (κ2) is 9.00. The van der Waals surface area contributed by atoms with Crippen molar-refractivity contribution in [3.05, 3.63) is 24.3 Å². The van der Waals surface area contributed by atoms with Crippen molar-refractivity contribution in [2.45, 2.75) is 12.8 Å². The predicted octanol–water partition coefficient (Wildman–Crippen LogP) is 2.17. The van der Waals surface area contributed by atoms with Crippen LogP contribution < -0.4 is 4.90 Å². The average molecular weight is 361 g/mol. The molecular formula is C19H27N3O4. The summed E-state index contributed by atoms with van der Waals surface area (Å²) in [5.41, 5.74) is 1.66. The van der Waals surface area contributed by atoms with E-state index in [4.69, 9.17) is 13.9 Å². The van der Waals surface area contributed by atoms with Crippen LogP contribution in [0.3, 0.4) is 0 Å². The van der Waals surface area contributed by atoms with Crippen LogP contribution in [0.4, 0.5) is 6.01 Å². The first-order valence-corrected chi connectivity index (χ1v) is 9.10. The maximum atomic E-state index is 12.9. The Morgan fingerprint density at radius 3 is 2.46 bits per heavy atom. The van der Waals surface area contributed by atoms with Gasteiger partial charge in [0.25, 0.3) is 6.01 Å². The Morgan fingerprint density at radius 2 is 1.85 bits per heavy atom. The van der Waals surface area contributed by atoms with E-state index in [1.165, 1.54) is 0 Å². The Balaban J connectivity index is 1.58. The summed E-state index contributed by atoms with van der Waals surface area (Å²) < 4.78 is 16.1. The topological polar surface area (TPSA) is 68.0 Å². The van der Waals surface area contributed by atoms with Gasteiger partial charge in [-0.2, -0.15) is 4.98 Å². The molecular weight excluding hydrogens is 334 g/mol. The molecule has 0 N–H and O–H groups in total. The number of hydrogen-bond acceptors (Lipinski definition) is 6. The SMILES string of the molecule is COCCN(CCOC)C(=O)C1CCN(c2nc3ccccc3o2)CC1. The second-order valence-electron chi connectivity index (χ2n) is 6.54. The third-order valence-corrected chi connectivity index (χ3v) is 4.84. The third-order valence-electron chi connectivity index (χ3n) is 4.84. The number of rotatable bonds is 8. The lowest BCUT2D eigenvalue weighted by atomic mass is 9.95. The average Bonchev–Trinajstić information content (AvgIpc) is 3.12. The lowest BCUT2D eigenvalue weighted by Gasteiger charge is -2.33. The molecule has 2 aromatic rings. The number of carbonyl (C=O) groups is 1. The monoisotopic (exact) mass is 361 g/mol. The number of amides is 1. The van der Waals surface area contributed by atoms with Crippen molar-refractivity contribution in [3.63, 3.8) is 0 Å². The fourth-order valence-corrected chi connectivity index (χ4v) is 3.31. The van der Waals surface area contributed by atoms with E-state index in [-0.39, 0.29) is 11.8 Å². The summed E-state index contributed by atoms with van der Waals surface area (Å²) in [5.74, 6) is 0.223. The summed E-state index contributed by atoms with van der Waals surface area (Å²) >= 11 is 0. The van der Waals surface area contributed by atoms with Crippen LogP contribution >= 0.6 is 0 Å². The van der Waals surface area contributed by atoms with Crippen molar-refractivity contribution >= 4 is 23.0 Å². The molecule has 0 radical (unpaired) electrons. The molecule has 1 fully saturated rings. The number of methoxy groups -OCH3 is 2. The standard InChI is InChI=1S/C19H27N3O4/c1-24-13-11-21(12-14-25-2)18(23)15-7-9-22(10-8-15)19-20-16-5-3-4-6-17(16)26-19/h3-6,15H,7-14H2,1-2H3. The van der Waals surface area contributed by atoms with E-state index >= 15 is 0 Å². The molecule has 1 aliphatic rings. The minimum atomic E-state index is 0.0318. The number of hydrogen-bond donors (Lipinski definition) is 0. The highest BCUT2D eigenvalue weighted by Crippen LogP contribution is 2.27. The fraction of sp³-hybridized carbons (Fsp3) is 0.579. The third kappa shape index (κ3) is 4.34. The normalized spacial score (nSPS) is 15.5. The first-order valence-electron chi connectivity index (χ1n) is 9.10. The highest BCUT2D eigenvalue weighted by Gasteiger charge is 2.30. The maximum Gasteiger partial charge on any atom is 0.298 e. The summed E-state index contributed by atoms with van der Waals surface area (Å²) in [6.07, 6.45) is 1.60. The Bertz CT molecular complexity index is 669. The number of aromatic nitrogens is 1. The van der Waals surface area contributed by atoms with Gasteiger partial charge >= 0.3 is 0 Å². The van der Waals surface area contributed by atoms with Gasteiger partial charge in [0.1, 0.15) is 5.52 Å². The van der Waals surface area contributed by atoms with Crippen molar-refractivity contribution in [2.75, 3.05) is 58.5 Å². The van der Waals surface area contributed by atoms with E-state index in [2.05, 4.69) is 9.88 Å². The number of piperidine rings is 1. The van der Waals surface area contributed by atoms with E-state index in [0.717, 1.165) is 37.0 Å². The number of benzene rings is 1. The summed E-state index contributed by atoms with van der Waals surface area (Å²) in [5, 5.41) is 0. The van der Waals surface area contributed by atoms with Crippen LogP contribution in [0.25, 0.3) is 11.1 Å². The van der Waals surface area contributed by atoms with Gasteiger partial charge in [-0.3, -0.25) is 4.79 Å². The van der Waals surface area contributed by atoms with Gasteiger partial charge in [0.2, 0.25) is 5.91 Å². The molecule has 3 rings (SSSR count). The van der Waals surface area contributed by atoms with Gasteiger partial charge in [-0.25, -0.2) is 0 Å². The zero-order chi connectivity index (χ0) is 18.4. The van der Waals surface area contributed by atoms with E-state index < -0.39 is 0 Å². The van der Waals surface area contributed by atoms with Crippen molar-refractivity contribution in [3.8, 4) is 0 Å². The molecule has 0 aliphatic carbocycles. The van der Waals surface area contributed by atoms with Crippen LogP contribution in [0.15, 0.2) is 28.7 Å². The van der Waals surface area contributed by atoms with E-state index in [1.807, 2.05) is 29.2 Å². The first kappa shape index (κ1) is 18.7. The zero-order valence-electron chi connectivity index (χ0n) is 15.5. The second-order valence-corrected chi connectivity index (χ2v) is 6.54. The molecule has 1 saturated heterocycles. The van der Waals surface area contributed by atoms with Crippen molar-refractivity contribution in [1.82, 2.24) is 9.88 Å². The number of fused-ring (bicyclic) bond motifs is 1. The van der Waals surface area contributed by atoms with Gasteiger partial charge < -0.3 is 23.7 Å². The van der Waals surface area contributed by atoms with Gasteiger partial charge in [0.15, 0.2) is 5.58 Å². The quantitative estimate of drug-likeness (QED) is 0.718. The van der Waals surface area contributed by atoms with Crippen LogP contribution in [0.5, 0.6) is 0 Å². The van der Waals surface area contributed by atoms with Gasteiger partial charge in [-0.15, -0.1) is 0 Å². The van der Waals surface area contributed by atoms with Gasteiger partial charge in [-0.05, 0) is 25.0 Å². The molecule has 142 valence electrons. The molecule has 2 heterocycles. The summed E-state index contributed by atoms with van der Waals surface area (Å²) in [7, 11) is 3.30. The van der Waals surface area contributed by atoms with E-state index in [9.17, 15) is 4.79 Å². The molecule has 1 aliphatic heterocycles. The number of ether oxygens (including phenoxy) is 2. The van der Waals surface area contributed by atoms with Crippen LogP contribution in [0.2, 0.25) is 0 Å². The minimum Gasteiger partial charge on any atom is -0.423 e. The molecule has 0 atom stereocenters. The number of nitrogens with zero attached hydrogens (tertiary/aromatic N) is 3. The number of para-hydroxylation sites is 2. The van der Waals surface area contributed by atoms with Gasteiger partial charge in [0, 0.05) is 46.3 Å². The highest BCUT2D eigenvalue weighted by molar-refractivity contribution is 5.79. The molecule has 1 aromatic heterocycles. The molecule has 0 spiro atoms. The molecule has 7 heteroatoms. The van der Waals surface area contributed by atoms with Crippen molar-refractivity contribution in [2.24, 2.45) is 5.92 Å². The lowest BCUT2D eigenvalue weighted by molar-refractivity contribution is -0.137. The summed E-state index contributed by atoms with van der Waals surface area (Å²) in [6.45, 7) is 3.82. The van der Waals surface area contributed by atoms with Crippen LogP contribution in [0, 0.1) is 5.92 Å². The molecule has 0 bridgehead atoms. The largest absolute Gasteiger partial charge is 0.423 e. The van der Waals surface area contributed by atoms with Crippen LogP contribution in [-0.4, -0.2) is 69.4 Å². The van der Waals surface area contributed by atoms with Crippen LogP contribution in [-0.2, 0) is 14.3 Å². The van der Waals surface area contributed by atoms with E-state index in [0.29, 0.717) is 32.3 Å². The summed E-state index contributed by atoms with van der Waals surface area (Å²) in [4.78, 5) is 21.4. The Kier molecular flexibility index (Phi) is 6.46. The maximum absolute atomic E-state index is 12.9. The molecule has 1 aromatic carbocycles. The Labute approximate surface area is 153 Å². The van der Waals surface area contributed by atoms with Gasteiger partial charge in [0.05, 0.1) is 13.2 Å². The molecule has 7 nitrogen and oxygen atoms in total. The zero-order valence-corrected chi connectivity index (χ0v) is 15.5. The van der Waals surface area contributed by atoms with Gasteiger partial charge in [-0.1, -0.05) is 12.1 Å². The highest BCUT2D eigenvalue weighted by atomic mass is 16.5. The fourth-order valence-electron chi connectivity index (χ4n) is 3.31. The lowest BCUT2D eigenvalue weighted by Crippen LogP contribution is -2.44. The smallest absolute Gasteiger partial charge is 0.298 e. The molecule has 0 saturated carbocycles. The van der Waals surface area contributed by atoms with Crippen LogP contribution in [0.1, 0.15) is 12.8 Å². The molecule has 26 heavy (non-hydrogen) atoms. The number of anilines is 1. The Hall–Kier alpha value is -2.12. The summed E-state index contributed by atoms with van der Waals surface area (Å²) in [6, 6.07) is 8.41. The van der Waals surface area contributed by atoms with Crippen molar-refractivity contribution < 1.29 is 18.7 Å². The van der Waals surface area contributed by atoms with Crippen molar-refractivity contribution in [1.29, 1.82) is 0 Å². The molecule has 0 unspecified atom stereocenters. The first-order chi connectivity index (χ1) is 12.7. The number of carbonyl (C=O) groups excluding carboxylic acids is 1. The number of oxazole rings is 1. The van der Waals surface area contributed by atoms with E-state index in [1.54, 1.807) is 14.2 Å². The minimum absolute atomic E-state index is 0.0318. The molecule has 1 amide bonds. The Morgan fingerprint density at radius 1 is 1.19 bits per heavy atom. The predicted molar refractivity (Wildman–Crippen MR) is 99.3 cm³/mol.